The molecule has 0 saturated heterocycles. The molecule has 0 unspecified atom stereocenters. The Morgan fingerprint density at radius 3 is 2.62 bits per heavy atom. The van der Waals surface area contributed by atoms with Gasteiger partial charge in [0.2, 0.25) is 0 Å². The highest BCUT2D eigenvalue weighted by Crippen LogP contribution is 2.30. The van der Waals surface area contributed by atoms with Gasteiger partial charge < -0.3 is 15.2 Å². The van der Waals surface area contributed by atoms with Gasteiger partial charge in [-0.2, -0.15) is 5.10 Å². The van der Waals surface area contributed by atoms with Gasteiger partial charge in [0.1, 0.15) is 0 Å². The number of anilines is 1. The van der Waals surface area contributed by atoms with Crippen molar-refractivity contribution in [3.8, 4) is 11.5 Å². The number of hydrogen-bond donors (Lipinski definition) is 2. The predicted octanol–water partition coefficient (Wildman–Crippen LogP) is 3.41. The number of phenolic OH excluding ortho intramolecular Hbond substituents is 1. The van der Waals surface area contributed by atoms with Crippen molar-refractivity contribution in [2.24, 2.45) is 0 Å². The van der Waals surface area contributed by atoms with E-state index in [1.165, 1.54) is 0 Å². The molecule has 0 spiro atoms. The maximum absolute atomic E-state index is 10.1. The summed E-state index contributed by atoms with van der Waals surface area (Å²) in [6.07, 6.45) is 0. The Balaban J connectivity index is 2.21. The van der Waals surface area contributed by atoms with Crippen molar-refractivity contribution >= 4 is 5.69 Å². The molecule has 0 aliphatic rings. The topological polar surface area (TPSA) is 59.3 Å². The molecule has 0 aliphatic heterocycles. The quantitative estimate of drug-likeness (QED) is 0.885. The fraction of sp³-hybridized carbons (Fsp3) is 0.438. The lowest BCUT2D eigenvalue weighted by Crippen LogP contribution is -2.06. The summed E-state index contributed by atoms with van der Waals surface area (Å²) in [5, 5.41) is 18.0. The number of rotatable bonds is 5. The molecule has 1 aromatic carbocycles. The standard InChI is InChI=1S/C16H23N3O2/c1-10(2)19-12(4)15(11(3)18-19)17-9-13-7-6-8-14(21-5)16(13)20/h6-8,10,17,20H,9H2,1-5H3. The average Bonchev–Trinajstić information content (AvgIpc) is 2.73. The second-order valence-electron chi connectivity index (χ2n) is 5.41. The number of aromatic hydroxyl groups is 1. The molecule has 0 radical (unpaired) electrons. The van der Waals surface area contributed by atoms with Crippen molar-refractivity contribution in [3.63, 3.8) is 0 Å². The first kappa shape index (κ1) is 15.2. The number of benzene rings is 1. The third-order valence-electron chi connectivity index (χ3n) is 3.57. The van der Waals surface area contributed by atoms with Gasteiger partial charge in [-0.3, -0.25) is 4.68 Å². The Bertz CT molecular complexity index is 633. The SMILES string of the molecule is COc1cccc(CNc2c(C)nn(C(C)C)c2C)c1O. The van der Waals surface area contributed by atoms with Crippen LogP contribution in [0.3, 0.4) is 0 Å². The minimum Gasteiger partial charge on any atom is -0.504 e. The number of phenols is 1. The van der Waals surface area contributed by atoms with E-state index < -0.39 is 0 Å². The van der Waals surface area contributed by atoms with Crippen LogP contribution < -0.4 is 10.1 Å². The molecule has 0 saturated carbocycles. The number of aromatic nitrogens is 2. The summed E-state index contributed by atoms with van der Waals surface area (Å²) in [5.41, 5.74) is 3.88. The Labute approximate surface area is 125 Å². The molecule has 0 atom stereocenters. The van der Waals surface area contributed by atoms with E-state index in [9.17, 15) is 5.11 Å². The van der Waals surface area contributed by atoms with Crippen LogP contribution >= 0.6 is 0 Å². The molecule has 0 amide bonds. The summed E-state index contributed by atoms with van der Waals surface area (Å²) in [6.45, 7) is 8.77. The van der Waals surface area contributed by atoms with Crippen molar-refractivity contribution in [1.29, 1.82) is 0 Å². The Morgan fingerprint density at radius 2 is 2.05 bits per heavy atom. The summed E-state index contributed by atoms with van der Waals surface area (Å²) < 4.78 is 7.13. The summed E-state index contributed by atoms with van der Waals surface area (Å²) >= 11 is 0. The van der Waals surface area contributed by atoms with Crippen molar-refractivity contribution in [2.45, 2.75) is 40.3 Å². The maximum Gasteiger partial charge on any atom is 0.162 e. The molecular weight excluding hydrogens is 266 g/mol. The number of aryl methyl sites for hydroxylation is 1. The minimum absolute atomic E-state index is 0.180. The molecule has 2 aromatic rings. The van der Waals surface area contributed by atoms with E-state index in [1.807, 2.05) is 30.7 Å². The van der Waals surface area contributed by atoms with Gasteiger partial charge in [0, 0.05) is 18.2 Å². The minimum atomic E-state index is 0.180. The largest absolute Gasteiger partial charge is 0.504 e. The van der Waals surface area contributed by atoms with E-state index in [1.54, 1.807) is 13.2 Å². The summed E-state index contributed by atoms with van der Waals surface area (Å²) in [6, 6.07) is 5.81. The zero-order valence-corrected chi connectivity index (χ0v) is 13.3. The van der Waals surface area contributed by atoms with Crippen LogP contribution in [-0.4, -0.2) is 22.0 Å². The van der Waals surface area contributed by atoms with Gasteiger partial charge in [-0.15, -0.1) is 0 Å². The molecule has 1 aromatic heterocycles. The maximum atomic E-state index is 10.1. The van der Waals surface area contributed by atoms with Crippen molar-refractivity contribution in [1.82, 2.24) is 9.78 Å². The van der Waals surface area contributed by atoms with Crippen LogP contribution in [0.15, 0.2) is 18.2 Å². The fourth-order valence-corrected chi connectivity index (χ4v) is 2.48. The van der Waals surface area contributed by atoms with Crippen LogP contribution in [0.5, 0.6) is 11.5 Å². The van der Waals surface area contributed by atoms with E-state index in [0.29, 0.717) is 18.3 Å². The molecule has 0 fully saturated rings. The average molecular weight is 289 g/mol. The molecular formula is C16H23N3O2. The number of nitrogens with zero attached hydrogens (tertiary/aromatic N) is 2. The van der Waals surface area contributed by atoms with Crippen molar-refractivity contribution < 1.29 is 9.84 Å². The zero-order chi connectivity index (χ0) is 15.6. The summed E-state index contributed by atoms with van der Waals surface area (Å²) in [7, 11) is 1.55. The number of nitrogens with one attached hydrogen (secondary N) is 1. The normalized spacial score (nSPS) is 11.0. The molecule has 114 valence electrons. The molecule has 1 heterocycles. The highest BCUT2D eigenvalue weighted by Gasteiger charge is 2.14. The van der Waals surface area contributed by atoms with Crippen molar-refractivity contribution in [2.75, 3.05) is 12.4 Å². The fourth-order valence-electron chi connectivity index (χ4n) is 2.48. The Kier molecular flexibility index (Phi) is 4.40. The third kappa shape index (κ3) is 2.96. The first-order valence-corrected chi connectivity index (χ1v) is 7.10. The molecule has 0 aliphatic carbocycles. The molecule has 21 heavy (non-hydrogen) atoms. The van der Waals surface area contributed by atoms with E-state index in [4.69, 9.17) is 4.74 Å². The Hall–Kier alpha value is -2.17. The van der Waals surface area contributed by atoms with Gasteiger partial charge in [-0.1, -0.05) is 12.1 Å². The van der Waals surface area contributed by atoms with Gasteiger partial charge in [0.15, 0.2) is 11.5 Å². The number of methoxy groups -OCH3 is 1. The van der Waals surface area contributed by atoms with Crippen LogP contribution in [0.2, 0.25) is 0 Å². The third-order valence-corrected chi connectivity index (χ3v) is 3.57. The zero-order valence-electron chi connectivity index (χ0n) is 13.3. The molecule has 5 nitrogen and oxygen atoms in total. The summed E-state index contributed by atoms with van der Waals surface area (Å²) in [4.78, 5) is 0. The van der Waals surface area contributed by atoms with Crippen LogP contribution in [0, 0.1) is 13.8 Å². The highest BCUT2D eigenvalue weighted by molar-refractivity contribution is 5.54. The van der Waals surface area contributed by atoms with Crippen LogP contribution in [-0.2, 0) is 6.54 Å². The Morgan fingerprint density at radius 1 is 1.33 bits per heavy atom. The smallest absolute Gasteiger partial charge is 0.162 e. The molecule has 2 N–H and O–H groups in total. The van der Waals surface area contributed by atoms with E-state index in [0.717, 1.165) is 22.6 Å². The van der Waals surface area contributed by atoms with Crippen LogP contribution in [0.1, 0.15) is 36.8 Å². The van der Waals surface area contributed by atoms with Gasteiger partial charge >= 0.3 is 0 Å². The number of ether oxygens (including phenoxy) is 1. The lowest BCUT2D eigenvalue weighted by molar-refractivity contribution is 0.371. The lowest BCUT2D eigenvalue weighted by atomic mass is 10.1. The molecule has 2 rings (SSSR count). The van der Waals surface area contributed by atoms with Crippen LogP contribution in [0.25, 0.3) is 0 Å². The molecule has 0 bridgehead atoms. The van der Waals surface area contributed by atoms with Gasteiger partial charge in [0.05, 0.1) is 24.2 Å². The van der Waals surface area contributed by atoms with Gasteiger partial charge in [-0.05, 0) is 33.8 Å². The van der Waals surface area contributed by atoms with Crippen LogP contribution in [0.4, 0.5) is 5.69 Å². The number of para-hydroxylation sites is 1. The van der Waals surface area contributed by atoms with Gasteiger partial charge in [0.25, 0.3) is 0 Å². The monoisotopic (exact) mass is 289 g/mol. The predicted molar refractivity (Wildman–Crippen MR) is 84.1 cm³/mol. The molecule has 5 heteroatoms. The van der Waals surface area contributed by atoms with E-state index >= 15 is 0 Å². The second kappa shape index (κ2) is 6.08. The summed E-state index contributed by atoms with van der Waals surface area (Å²) in [5.74, 6) is 0.666. The van der Waals surface area contributed by atoms with Gasteiger partial charge in [-0.25, -0.2) is 0 Å². The highest BCUT2D eigenvalue weighted by atomic mass is 16.5. The number of hydrogen-bond acceptors (Lipinski definition) is 4. The van der Waals surface area contributed by atoms with Crippen molar-refractivity contribution in [3.05, 3.63) is 35.2 Å². The van der Waals surface area contributed by atoms with E-state index in [-0.39, 0.29) is 5.75 Å². The second-order valence-corrected chi connectivity index (χ2v) is 5.41. The first-order chi connectivity index (χ1) is 9.95. The van der Waals surface area contributed by atoms with E-state index in [2.05, 4.69) is 24.3 Å². The lowest BCUT2D eigenvalue weighted by Gasteiger charge is -2.12. The first-order valence-electron chi connectivity index (χ1n) is 7.10.